The number of hydrogen-bond acceptors (Lipinski definition) is 4. The summed E-state index contributed by atoms with van der Waals surface area (Å²) in [6, 6.07) is 62.5. The predicted molar refractivity (Wildman–Crippen MR) is 219 cm³/mol. The minimum absolute atomic E-state index is 0.871. The van der Waals surface area contributed by atoms with Crippen molar-refractivity contribution in [3.05, 3.63) is 176 Å². The summed E-state index contributed by atoms with van der Waals surface area (Å²) < 4.78 is 15.6. The molecule has 244 valence electrons. The maximum atomic E-state index is 6.60. The van der Waals surface area contributed by atoms with Gasteiger partial charge in [0, 0.05) is 58.7 Å². The smallest absolute Gasteiger partial charge is 0.159 e. The fourth-order valence-electron chi connectivity index (χ4n) is 7.81. The van der Waals surface area contributed by atoms with Crippen LogP contribution in [-0.4, -0.2) is 0 Å². The molecule has 0 unspecified atom stereocenters. The van der Waals surface area contributed by atoms with Crippen molar-refractivity contribution in [2.45, 2.75) is 0 Å². The maximum absolute atomic E-state index is 6.60. The van der Waals surface area contributed by atoms with Crippen molar-refractivity contribution in [1.29, 1.82) is 0 Å². The Morgan fingerprint density at radius 1 is 0.365 bits per heavy atom. The van der Waals surface area contributed by atoms with E-state index in [2.05, 4.69) is 163 Å². The molecule has 11 rings (SSSR count). The zero-order valence-corrected chi connectivity index (χ0v) is 28.7. The molecule has 3 nitrogen and oxygen atoms in total. The van der Waals surface area contributed by atoms with Crippen molar-refractivity contribution >= 4 is 92.4 Å². The molecule has 8 aromatic carbocycles. The number of hydrogen-bond donors (Lipinski definition) is 0. The van der Waals surface area contributed by atoms with Gasteiger partial charge in [0.2, 0.25) is 0 Å². The van der Waals surface area contributed by atoms with Gasteiger partial charge in [-0.25, -0.2) is 0 Å². The molecule has 0 saturated heterocycles. The highest BCUT2D eigenvalue weighted by atomic mass is 32.1. The molecule has 0 aliphatic rings. The van der Waals surface area contributed by atoms with Gasteiger partial charge in [-0.05, 0) is 77.4 Å². The van der Waals surface area contributed by atoms with Crippen LogP contribution in [0.4, 0.5) is 17.1 Å². The first-order chi connectivity index (χ1) is 25.8. The Labute approximate surface area is 303 Å². The van der Waals surface area contributed by atoms with Crippen molar-refractivity contribution < 1.29 is 8.83 Å². The Bertz CT molecular complexity index is 3130. The predicted octanol–water partition coefficient (Wildman–Crippen LogP) is 14.7. The standard InChI is InChI=1S/C48H29NO2S/c1-2-10-31(11-3-1)35-14-8-15-39-40-28-32(22-26-44(40)50-47(35)39)30-20-23-33(24-21-30)49(34-25-27-46-41(29-34)37-13-5-7-19-45(37)52-46)42-17-9-16-38-36-12-4-6-18-43(36)51-48(38)42/h1-29H. The summed E-state index contributed by atoms with van der Waals surface area (Å²) in [6.45, 7) is 0. The van der Waals surface area contributed by atoms with E-state index in [4.69, 9.17) is 8.83 Å². The Balaban J connectivity index is 1.06. The number of fused-ring (bicyclic) bond motifs is 9. The topological polar surface area (TPSA) is 29.5 Å². The Kier molecular flexibility index (Phi) is 6.42. The first kappa shape index (κ1) is 29.1. The summed E-state index contributed by atoms with van der Waals surface area (Å²) in [5, 5.41) is 6.99. The number of benzene rings is 8. The largest absolute Gasteiger partial charge is 0.455 e. The monoisotopic (exact) mass is 683 g/mol. The highest BCUT2D eigenvalue weighted by molar-refractivity contribution is 7.25. The van der Waals surface area contributed by atoms with Gasteiger partial charge < -0.3 is 13.7 Å². The third-order valence-electron chi connectivity index (χ3n) is 10.3. The molecule has 0 spiro atoms. The summed E-state index contributed by atoms with van der Waals surface area (Å²) in [6.07, 6.45) is 0. The van der Waals surface area contributed by atoms with Crippen molar-refractivity contribution in [2.24, 2.45) is 0 Å². The van der Waals surface area contributed by atoms with Crippen LogP contribution in [0, 0.1) is 0 Å². The Morgan fingerprint density at radius 2 is 1.02 bits per heavy atom. The van der Waals surface area contributed by atoms with Crippen LogP contribution in [-0.2, 0) is 0 Å². The molecule has 11 aromatic rings. The molecule has 0 aliphatic carbocycles. The lowest BCUT2D eigenvalue weighted by molar-refractivity contribution is 0.669. The fraction of sp³-hybridized carbons (Fsp3) is 0. The minimum atomic E-state index is 0.871. The van der Waals surface area contributed by atoms with Gasteiger partial charge in [0.05, 0.1) is 5.69 Å². The van der Waals surface area contributed by atoms with Gasteiger partial charge in [0.1, 0.15) is 16.7 Å². The Morgan fingerprint density at radius 3 is 1.90 bits per heavy atom. The van der Waals surface area contributed by atoms with Crippen LogP contribution in [0.3, 0.4) is 0 Å². The molecular formula is C48H29NO2S. The second-order valence-electron chi connectivity index (χ2n) is 13.3. The van der Waals surface area contributed by atoms with E-state index in [1.807, 2.05) is 29.5 Å². The van der Waals surface area contributed by atoms with E-state index in [0.29, 0.717) is 0 Å². The molecule has 52 heavy (non-hydrogen) atoms. The van der Waals surface area contributed by atoms with E-state index in [1.54, 1.807) is 0 Å². The van der Waals surface area contributed by atoms with E-state index >= 15 is 0 Å². The molecule has 0 bridgehead atoms. The number of thiophene rings is 1. The van der Waals surface area contributed by atoms with Gasteiger partial charge in [-0.1, -0.05) is 115 Å². The second kappa shape index (κ2) is 11.5. The maximum Gasteiger partial charge on any atom is 0.159 e. The number of para-hydroxylation sites is 3. The number of rotatable bonds is 5. The Hall–Kier alpha value is -6.62. The molecule has 0 fully saturated rings. The van der Waals surface area contributed by atoms with E-state index in [1.165, 1.54) is 20.2 Å². The van der Waals surface area contributed by atoms with Crippen LogP contribution in [0.25, 0.3) is 86.3 Å². The van der Waals surface area contributed by atoms with E-state index in [9.17, 15) is 0 Å². The zero-order chi connectivity index (χ0) is 34.2. The van der Waals surface area contributed by atoms with Crippen LogP contribution in [0.1, 0.15) is 0 Å². The molecular weight excluding hydrogens is 655 g/mol. The highest BCUT2D eigenvalue weighted by Gasteiger charge is 2.21. The summed E-state index contributed by atoms with van der Waals surface area (Å²) in [5.41, 5.74) is 11.2. The molecule has 0 atom stereocenters. The van der Waals surface area contributed by atoms with Crippen LogP contribution < -0.4 is 4.90 Å². The van der Waals surface area contributed by atoms with Gasteiger partial charge in [0.25, 0.3) is 0 Å². The zero-order valence-electron chi connectivity index (χ0n) is 27.9. The van der Waals surface area contributed by atoms with Gasteiger partial charge >= 0.3 is 0 Å². The molecule has 4 heteroatoms. The third kappa shape index (κ3) is 4.51. The average molecular weight is 684 g/mol. The van der Waals surface area contributed by atoms with Crippen molar-refractivity contribution in [1.82, 2.24) is 0 Å². The quantitative estimate of drug-likeness (QED) is 0.181. The number of anilines is 3. The van der Waals surface area contributed by atoms with Gasteiger partial charge in [-0.2, -0.15) is 0 Å². The molecule has 0 saturated carbocycles. The van der Waals surface area contributed by atoms with Crippen LogP contribution in [0.15, 0.2) is 185 Å². The third-order valence-corrected chi connectivity index (χ3v) is 11.4. The first-order valence-corrected chi connectivity index (χ1v) is 18.3. The van der Waals surface area contributed by atoms with Crippen molar-refractivity contribution in [2.75, 3.05) is 4.90 Å². The van der Waals surface area contributed by atoms with Gasteiger partial charge in [0.15, 0.2) is 5.58 Å². The second-order valence-corrected chi connectivity index (χ2v) is 14.4. The lowest BCUT2D eigenvalue weighted by Crippen LogP contribution is -2.10. The molecule has 0 amide bonds. The molecule has 0 radical (unpaired) electrons. The minimum Gasteiger partial charge on any atom is -0.455 e. The summed E-state index contributed by atoms with van der Waals surface area (Å²) >= 11 is 1.84. The normalized spacial score (nSPS) is 11.8. The van der Waals surface area contributed by atoms with E-state index < -0.39 is 0 Å². The summed E-state index contributed by atoms with van der Waals surface area (Å²) in [7, 11) is 0. The average Bonchev–Trinajstić information content (AvgIpc) is 3.90. The van der Waals surface area contributed by atoms with Crippen LogP contribution in [0.5, 0.6) is 0 Å². The summed E-state index contributed by atoms with van der Waals surface area (Å²) in [5.74, 6) is 0. The van der Waals surface area contributed by atoms with E-state index in [-0.39, 0.29) is 0 Å². The first-order valence-electron chi connectivity index (χ1n) is 17.5. The molecule has 3 aromatic heterocycles. The molecule has 0 N–H and O–H groups in total. The van der Waals surface area contributed by atoms with Gasteiger partial charge in [-0.15, -0.1) is 11.3 Å². The number of nitrogens with zero attached hydrogens (tertiary/aromatic N) is 1. The van der Waals surface area contributed by atoms with Gasteiger partial charge in [-0.3, -0.25) is 0 Å². The fourth-order valence-corrected chi connectivity index (χ4v) is 8.90. The van der Waals surface area contributed by atoms with Crippen molar-refractivity contribution in [3.63, 3.8) is 0 Å². The SMILES string of the molecule is c1ccc(-c2cccc3c2oc2ccc(-c4ccc(N(c5ccc6sc7ccccc7c6c5)c5cccc6c5oc5ccccc56)cc4)cc23)cc1. The van der Waals surface area contributed by atoms with Crippen molar-refractivity contribution in [3.8, 4) is 22.3 Å². The lowest BCUT2D eigenvalue weighted by Gasteiger charge is -2.26. The molecule has 0 aliphatic heterocycles. The van der Waals surface area contributed by atoms with Crippen LogP contribution >= 0.6 is 11.3 Å². The summed E-state index contributed by atoms with van der Waals surface area (Å²) in [4.78, 5) is 2.33. The lowest BCUT2D eigenvalue weighted by atomic mass is 10.00. The number of furan rings is 2. The molecule has 3 heterocycles. The highest BCUT2D eigenvalue weighted by Crippen LogP contribution is 2.45. The van der Waals surface area contributed by atoms with E-state index in [0.717, 1.165) is 83.2 Å². The van der Waals surface area contributed by atoms with Crippen LogP contribution in [0.2, 0.25) is 0 Å².